The van der Waals surface area contributed by atoms with Gasteiger partial charge in [0.1, 0.15) is 0 Å². The second kappa shape index (κ2) is 13.0. The van der Waals surface area contributed by atoms with Crippen LogP contribution in [0.5, 0.6) is 0 Å². The van der Waals surface area contributed by atoms with Crippen LogP contribution in [0.2, 0.25) is 0 Å². The molecule has 2 aliphatic carbocycles. The monoisotopic (exact) mass is 564 g/mol. The molecule has 0 spiro atoms. The molecule has 2 aromatic heterocycles. The van der Waals surface area contributed by atoms with Gasteiger partial charge in [0.15, 0.2) is 11.6 Å². The molecule has 2 aliphatic rings. The number of H-pyrrole nitrogens is 2. The van der Waals surface area contributed by atoms with E-state index in [1.54, 1.807) is 0 Å². The number of hydrogen-bond acceptors (Lipinski definition) is 4. The zero-order valence-corrected chi connectivity index (χ0v) is 24.9. The minimum Gasteiger partial charge on any atom is -0.361 e. The summed E-state index contributed by atoms with van der Waals surface area (Å²) in [6.45, 7) is 8.47. The number of Topliss-reactive ketones (excluding diaryl/α,β-unsaturated/α-hetero) is 2. The highest BCUT2D eigenvalue weighted by Gasteiger charge is 2.38. The molecule has 6 rings (SSSR count). The van der Waals surface area contributed by atoms with Crippen molar-refractivity contribution in [1.82, 2.24) is 20.6 Å². The lowest BCUT2D eigenvalue weighted by molar-refractivity contribution is -0.130. The predicted octanol–water partition coefficient (Wildman–Crippen LogP) is 6.68. The van der Waals surface area contributed by atoms with Crippen LogP contribution >= 0.6 is 0 Å². The Balaban J connectivity index is 1.04. The minimum atomic E-state index is -0.235. The summed E-state index contributed by atoms with van der Waals surface area (Å²) >= 11 is 0. The third kappa shape index (κ3) is 6.11. The van der Waals surface area contributed by atoms with E-state index in [9.17, 15) is 9.59 Å². The molecule has 2 saturated carbocycles. The number of hydrogen-bond donors (Lipinski definition) is 4. The summed E-state index contributed by atoms with van der Waals surface area (Å²) in [4.78, 5) is 33.7. The average molecular weight is 565 g/mol. The topological polar surface area (TPSA) is 89.8 Å². The van der Waals surface area contributed by atoms with Gasteiger partial charge in [-0.2, -0.15) is 0 Å². The fourth-order valence-electron chi connectivity index (χ4n) is 6.84. The van der Waals surface area contributed by atoms with Crippen molar-refractivity contribution in [3.8, 4) is 0 Å². The molecular weight excluding hydrogens is 520 g/mol. The SMILES string of the molecule is C[C@@H]1CCC1C(=O)[C@H](Cc1c[nH]c2ccccc12)N[CH]CC[CH]N[C@@H](Cc1c[nH]c2ccccc12)C(=O)C1CC[C@@H]1C. The van der Waals surface area contributed by atoms with Gasteiger partial charge in [-0.05, 0) is 86.5 Å². The van der Waals surface area contributed by atoms with Crippen LogP contribution in [0.1, 0.15) is 63.5 Å². The standard InChI is InChI=1S/C36H44N4O2/c1-23-13-15-27(23)35(41)33(19-25-21-39-31-11-5-3-9-29(25)31)37-17-7-8-18-38-34(36(42)28-16-14-24(28)2)20-26-22-40-32-12-6-4-10-30(26)32/h3-6,9-12,17-18,21-24,27-28,33-34,37-40H,7-8,13-16,19-20H2,1-2H3/t23-,24+,27?,28?,33-,34-/m0/s1. The van der Waals surface area contributed by atoms with E-state index < -0.39 is 0 Å². The van der Waals surface area contributed by atoms with Crippen LogP contribution in [0.4, 0.5) is 0 Å². The molecule has 2 heterocycles. The van der Waals surface area contributed by atoms with Gasteiger partial charge in [-0.3, -0.25) is 9.59 Å². The van der Waals surface area contributed by atoms with Crippen molar-refractivity contribution in [1.29, 1.82) is 0 Å². The highest BCUT2D eigenvalue weighted by atomic mass is 16.1. The first kappa shape index (κ1) is 28.9. The highest BCUT2D eigenvalue weighted by molar-refractivity contribution is 5.90. The number of unbranched alkanes of at least 4 members (excludes halogenated alkanes) is 1. The Labute approximate surface area is 249 Å². The quantitative estimate of drug-likeness (QED) is 0.121. The van der Waals surface area contributed by atoms with E-state index in [1.807, 2.05) is 37.6 Å². The molecule has 6 heteroatoms. The smallest absolute Gasteiger partial charge is 0.153 e. The van der Waals surface area contributed by atoms with Gasteiger partial charge in [0.2, 0.25) is 0 Å². The van der Waals surface area contributed by atoms with Crippen LogP contribution in [0.3, 0.4) is 0 Å². The Morgan fingerprint density at radius 2 is 1.14 bits per heavy atom. The number of para-hydroxylation sites is 2. The fourth-order valence-corrected chi connectivity index (χ4v) is 6.84. The maximum Gasteiger partial charge on any atom is 0.153 e. The third-order valence-electron chi connectivity index (χ3n) is 9.95. The first-order valence-corrected chi connectivity index (χ1v) is 15.8. The van der Waals surface area contributed by atoms with Crippen molar-refractivity contribution in [2.24, 2.45) is 23.7 Å². The van der Waals surface area contributed by atoms with Gasteiger partial charge in [-0.1, -0.05) is 50.2 Å². The average Bonchev–Trinajstić information content (AvgIpc) is 3.59. The van der Waals surface area contributed by atoms with E-state index in [1.165, 1.54) is 21.9 Å². The molecule has 4 N–H and O–H groups in total. The maximum atomic E-state index is 13.5. The lowest BCUT2D eigenvalue weighted by atomic mass is 9.70. The van der Waals surface area contributed by atoms with Crippen LogP contribution in [-0.4, -0.2) is 33.6 Å². The second-order valence-electron chi connectivity index (χ2n) is 12.7. The number of carbonyl (C=O) groups excluding carboxylic acids is 2. The van der Waals surface area contributed by atoms with Gasteiger partial charge in [-0.15, -0.1) is 0 Å². The molecule has 4 aromatic rings. The Morgan fingerprint density at radius 1 is 0.714 bits per heavy atom. The Kier molecular flexibility index (Phi) is 8.92. The second-order valence-corrected chi connectivity index (χ2v) is 12.7. The molecule has 0 amide bonds. The molecule has 2 aromatic carbocycles. The molecule has 0 aliphatic heterocycles. The van der Waals surface area contributed by atoms with Crippen LogP contribution in [0, 0.1) is 36.8 Å². The first-order chi connectivity index (χ1) is 20.5. The van der Waals surface area contributed by atoms with Gasteiger partial charge in [0.25, 0.3) is 0 Å². The van der Waals surface area contributed by atoms with E-state index in [0.717, 1.165) is 49.6 Å². The third-order valence-corrected chi connectivity index (χ3v) is 9.95. The molecule has 220 valence electrons. The number of aromatic amines is 2. The number of ketones is 2. The summed E-state index contributed by atoms with van der Waals surface area (Å²) in [5.74, 6) is 1.89. The van der Waals surface area contributed by atoms with Crippen LogP contribution < -0.4 is 10.6 Å². The van der Waals surface area contributed by atoms with Crippen LogP contribution in [-0.2, 0) is 22.4 Å². The largest absolute Gasteiger partial charge is 0.361 e. The van der Waals surface area contributed by atoms with Crippen molar-refractivity contribution >= 4 is 33.4 Å². The van der Waals surface area contributed by atoms with Crippen molar-refractivity contribution in [2.45, 2.75) is 77.3 Å². The molecule has 6 nitrogen and oxygen atoms in total. The summed E-state index contributed by atoms with van der Waals surface area (Å²) in [5, 5.41) is 9.36. The Morgan fingerprint density at radius 3 is 1.52 bits per heavy atom. The molecule has 6 atom stereocenters. The highest BCUT2D eigenvalue weighted by Crippen LogP contribution is 2.37. The van der Waals surface area contributed by atoms with E-state index in [2.05, 4.69) is 70.8 Å². The molecule has 0 bridgehead atoms. The fraction of sp³-hybridized carbons (Fsp3) is 0.444. The summed E-state index contributed by atoms with van der Waals surface area (Å²) in [7, 11) is 0. The molecule has 2 fully saturated rings. The van der Waals surface area contributed by atoms with Gasteiger partial charge < -0.3 is 20.6 Å². The molecular formula is C36H44N4O2. The van der Waals surface area contributed by atoms with Gasteiger partial charge in [0, 0.05) is 59.1 Å². The summed E-state index contributed by atoms with van der Waals surface area (Å²) in [5.41, 5.74) is 4.56. The van der Waals surface area contributed by atoms with Gasteiger partial charge >= 0.3 is 0 Å². The number of aromatic nitrogens is 2. The summed E-state index contributed by atoms with van der Waals surface area (Å²) in [6.07, 6.45) is 11.3. The number of nitrogens with one attached hydrogen (secondary N) is 4. The van der Waals surface area contributed by atoms with Crippen molar-refractivity contribution in [2.75, 3.05) is 0 Å². The van der Waals surface area contributed by atoms with E-state index in [4.69, 9.17) is 0 Å². The Hall–Kier alpha value is -3.22. The molecule has 0 saturated heterocycles. The van der Waals surface area contributed by atoms with Crippen LogP contribution in [0.25, 0.3) is 21.8 Å². The minimum absolute atomic E-state index is 0.152. The predicted molar refractivity (Wildman–Crippen MR) is 169 cm³/mol. The molecule has 2 radical (unpaired) electrons. The lowest BCUT2D eigenvalue weighted by Gasteiger charge is -2.35. The normalized spacial score (nSPS) is 23.4. The van der Waals surface area contributed by atoms with Gasteiger partial charge in [0.05, 0.1) is 12.1 Å². The maximum absolute atomic E-state index is 13.5. The zero-order valence-electron chi connectivity index (χ0n) is 24.9. The summed E-state index contributed by atoms with van der Waals surface area (Å²) < 4.78 is 0. The summed E-state index contributed by atoms with van der Waals surface area (Å²) in [6, 6.07) is 16.1. The van der Waals surface area contributed by atoms with Gasteiger partial charge in [-0.25, -0.2) is 0 Å². The van der Waals surface area contributed by atoms with Crippen molar-refractivity contribution < 1.29 is 9.59 Å². The number of fused-ring (bicyclic) bond motifs is 2. The van der Waals surface area contributed by atoms with Crippen molar-refractivity contribution in [3.63, 3.8) is 0 Å². The number of rotatable bonds is 15. The molecule has 2 unspecified atom stereocenters. The van der Waals surface area contributed by atoms with Crippen LogP contribution in [0.15, 0.2) is 60.9 Å². The Bertz CT molecular complexity index is 1400. The molecule has 42 heavy (non-hydrogen) atoms. The van der Waals surface area contributed by atoms with E-state index in [0.29, 0.717) is 36.2 Å². The van der Waals surface area contributed by atoms with E-state index in [-0.39, 0.29) is 23.9 Å². The van der Waals surface area contributed by atoms with E-state index >= 15 is 0 Å². The lowest BCUT2D eigenvalue weighted by Crippen LogP contribution is -2.46. The van der Waals surface area contributed by atoms with Crippen molar-refractivity contribution in [3.05, 3.63) is 85.1 Å². The number of carbonyl (C=O) groups is 2. The number of benzene rings is 2. The first-order valence-electron chi connectivity index (χ1n) is 15.8. The zero-order chi connectivity index (χ0) is 29.1.